The number of ether oxygens (including phenoxy) is 2. The molecule has 0 aliphatic heterocycles. The van der Waals surface area contributed by atoms with E-state index in [4.69, 9.17) is 29.9 Å². The number of carbonyl (C=O) groups is 5. The van der Waals surface area contributed by atoms with Crippen molar-refractivity contribution in [1.82, 2.24) is 14.7 Å². The maximum atomic E-state index is 12.5. The van der Waals surface area contributed by atoms with Crippen molar-refractivity contribution < 1.29 is 53.9 Å². The van der Waals surface area contributed by atoms with Gasteiger partial charge in [0.25, 0.3) is 0 Å². The van der Waals surface area contributed by atoms with Crippen LogP contribution in [0.1, 0.15) is 26.2 Å². The minimum Gasteiger partial charge on any atom is -0.480 e. The number of rotatable bonds is 25. The maximum Gasteiger partial charge on any atom is 0.317 e. The number of carbonyl (C=O) groups excluding carboxylic acids is 1. The fraction of sp³-hybridized carbons (Fsp3) is 0.773. The normalized spacial score (nSPS) is 11.3. The second-order valence-electron chi connectivity index (χ2n) is 8.14. The van der Waals surface area contributed by atoms with E-state index in [2.05, 4.69) is 0 Å². The van der Waals surface area contributed by atoms with Crippen molar-refractivity contribution in [3.05, 3.63) is 0 Å². The molecule has 36 heavy (non-hydrogen) atoms. The Morgan fingerprint density at radius 1 is 0.556 bits per heavy atom. The van der Waals surface area contributed by atoms with E-state index in [1.54, 1.807) is 4.90 Å². The first-order valence-corrected chi connectivity index (χ1v) is 11.7. The summed E-state index contributed by atoms with van der Waals surface area (Å²) < 4.78 is 10.7. The molecule has 0 unspecified atom stereocenters. The highest BCUT2D eigenvalue weighted by molar-refractivity contribution is 5.80. The van der Waals surface area contributed by atoms with Gasteiger partial charge < -0.3 is 29.9 Å². The Kier molecular flexibility index (Phi) is 19.0. The Labute approximate surface area is 210 Å². The van der Waals surface area contributed by atoms with Crippen LogP contribution in [-0.2, 0) is 33.4 Å². The van der Waals surface area contributed by atoms with Gasteiger partial charge in [0.1, 0.15) is 5.78 Å². The zero-order valence-electron chi connectivity index (χ0n) is 20.8. The average molecular weight is 522 g/mol. The zero-order chi connectivity index (χ0) is 27.3. The van der Waals surface area contributed by atoms with Gasteiger partial charge in [-0.2, -0.15) is 0 Å². The van der Waals surface area contributed by atoms with E-state index in [0.29, 0.717) is 32.8 Å². The fourth-order valence-corrected chi connectivity index (χ4v) is 3.19. The van der Waals surface area contributed by atoms with E-state index in [-0.39, 0.29) is 44.9 Å². The number of Topliss-reactive ketones (excluding diaryl/α,β-unsaturated/α-hetero) is 1. The third kappa shape index (κ3) is 20.7. The molecule has 0 aliphatic carbocycles. The first kappa shape index (κ1) is 33.4. The summed E-state index contributed by atoms with van der Waals surface area (Å²) in [4.78, 5) is 60.7. The Hall–Kier alpha value is -2.65. The van der Waals surface area contributed by atoms with Crippen LogP contribution < -0.4 is 0 Å². The highest BCUT2D eigenvalue weighted by Crippen LogP contribution is 2.01. The van der Waals surface area contributed by atoms with E-state index in [1.807, 2.05) is 6.92 Å². The van der Waals surface area contributed by atoms with Crippen LogP contribution in [0.4, 0.5) is 0 Å². The summed E-state index contributed by atoms with van der Waals surface area (Å²) in [6.45, 7) is 2.20. The number of hydrogen-bond donors (Lipinski definition) is 4. The van der Waals surface area contributed by atoms with E-state index in [0.717, 1.165) is 6.42 Å². The summed E-state index contributed by atoms with van der Waals surface area (Å²) in [5.41, 5.74) is 0. The van der Waals surface area contributed by atoms with Gasteiger partial charge in [-0.05, 0) is 12.8 Å². The second kappa shape index (κ2) is 20.5. The quantitative estimate of drug-likeness (QED) is 0.107. The van der Waals surface area contributed by atoms with Crippen LogP contribution in [0.5, 0.6) is 0 Å². The van der Waals surface area contributed by atoms with Crippen molar-refractivity contribution in [3.8, 4) is 0 Å². The largest absolute Gasteiger partial charge is 0.480 e. The maximum absolute atomic E-state index is 12.5. The number of aliphatic carboxylic acids is 4. The third-order valence-electron chi connectivity index (χ3n) is 4.77. The first-order valence-electron chi connectivity index (χ1n) is 11.7. The van der Waals surface area contributed by atoms with E-state index >= 15 is 0 Å². The van der Waals surface area contributed by atoms with Gasteiger partial charge in [0, 0.05) is 45.8 Å². The summed E-state index contributed by atoms with van der Waals surface area (Å²) in [5.74, 6) is -4.94. The molecule has 0 bridgehead atoms. The van der Waals surface area contributed by atoms with E-state index in [9.17, 15) is 24.0 Å². The predicted molar refractivity (Wildman–Crippen MR) is 126 cm³/mol. The lowest BCUT2D eigenvalue weighted by Crippen LogP contribution is -2.45. The highest BCUT2D eigenvalue weighted by Gasteiger charge is 2.19. The smallest absolute Gasteiger partial charge is 0.317 e. The first-order chi connectivity index (χ1) is 17.0. The Balaban J connectivity index is 4.91. The molecule has 0 amide bonds. The molecule has 0 rings (SSSR count). The molecule has 0 spiro atoms. The van der Waals surface area contributed by atoms with Crippen molar-refractivity contribution in [3.63, 3.8) is 0 Å². The van der Waals surface area contributed by atoms with Crippen molar-refractivity contribution >= 4 is 29.7 Å². The molecule has 0 aromatic heterocycles. The molecule has 0 saturated carbocycles. The molecule has 208 valence electrons. The highest BCUT2D eigenvalue weighted by atomic mass is 16.5. The third-order valence-corrected chi connectivity index (χ3v) is 4.77. The SMILES string of the molecule is CCCOCCOCCCC(=O)CN(CCN(CC(=O)O)CC(=O)O)CCN(CC(=O)O)CC(=O)O. The van der Waals surface area contributed by atoms with Crippen LogP contribution in [0, 0.1) is 0 Å². The zero-order valence-corrected chi connectivity index (χ0v) is 20.8. The van der Waals surface area contributed by atoms with Gasteiger partial charge in [-0.15, -0.1) is 0 Å². The molecule has 4 N–H and O–H groups in total. The monoisotopic (exact) mass is 521 g/mol. The lowest BCUT2D eigenvalue weighted by Gasteiger charge is -2.28. The number of carboxylic acid groups (broad SMARTS) is 4. The van der Waals surface area contributed by atoms with Crippen LogP contribution in [0.25, 0.3) is 0 Å². The van der Waals surface area contributed by atoms with Crippen LogP contribution in [0.3, 0.4) is 0 Å². The Bertz CT molecular complexity index is 618. The summed E-state index contributed by atoms with van der Waals surface area (Å²) in [6.07, 6.45) is 1.61. The molecule has 0 aromatic carbocycles. The van der Waals surface area contributed by atoms with Gasteiger partial charge in [-0.25, -0.2) is 0 Å². The number of ketones is 1. The van der Waals surface area contributed by atoms with Gasteiger partial charge in [0.05, 0.1) is 45.9 Å². The molecule has 0 radical (unpaired) electrons. The molecule has 14 nitrogen and oxygen atoms in total. The Morgan fingerprint density at radius 2 is 0.944 bits per heavy atom. The summed E-state index contributed by atoms with van der Waals surface area (Å²) in [7, 11) is 0. The topological polar surface area (TPSA) is 194 Å². The van der Waals surface area contributed by atoms with Crippen molar-refractivity contribution in [2.24, 2.45) is 0 Å². The second-order valence-corrected chi connectivity index (χ2v) is 8.14. The van der Waals surface area contributed by atoms with Gasteiger partial charge in [-0.3, -0.25) is 38.7 Å². The van der Waals surface area contributed by atoms with Crippen LogP contribution >= 0.6 is 0 Å². The number of carboxylic acids is 4. The van der Waals surface area contributed by atoms with Gasteiger partial charge >= 0.3 is 23.9 Å². The molecule has 0 atom stereocenters. The molecule has 0 aromatic rings. The number of nitrogens with zero attached hydrogens (tertiary/aromatic N) is 3. The fourth-order valence-electron chi connectivity index (χ4n) is 3.19. The van der Waals surface area contributed by atoms with E-state index < -0.39 is 50.1 Å². The van der Waals surface area contributed by atoms with Crippen LogP contribution in [0.2, 0.25) is 0 Å². The number of hydrogen-bond acceptors (Lipinski definition) is 10. The van der Waals surface area contributed by atoms with Gasteiger partial charge in [-0.1, -0.05) is 6.92 Å². The lowest BCUT2D eigenvalue weighted by molar-refractivity contribution is -0.143. The molecule has 0 aliphatic rings. The minimum absolute atomic E-state index is 0.0324. The predicted octanol–water partition coefficient (Wildman–Crippen LogP) is -0.977. The molecule has 0 fully saturated rings. The van der Waals surface area contributed by atoms with Gasteiger partial charge in [0.15, 0.2) is 0 Å². The van der Waals surface area contributed by atoms with Crippen molar-refractivity contribution in [1.29, 1.82) is 0 Å². The standard InChI is InChI=1S/C22H39N3O11/c1-2-9-35-11-12-36-10-3-4-18(26)13-23(5-7-24(14-19(27)28)15-20(29)30)6-8-25(16-21(31)32)17-22(33)34/h2-17H2,1H3,(H,27,28)(H,29,30)(H,31,32)(H,33,34). The summed E-state index contributed by atoms with van der Waals surface area (Å²) in [6, 6.07) is 0. The molecular weight excluding hydrogens is 482 g/mol. The minimum atomic E-state index is -1.20. The summed E-state index contributed by atoms with van der Waals surface area (Å²) >= 11 is 0. The molecule has 0 saturated heterocycles. The lowest BCUT2D eigenvalue weighted by atomic mass is 10.2. The molecule has 14 heteroatoms. The Morgan fingerprint density at radius 3 is 1.33 bits per heavy atom. The van der Waals surface area contributed by atoms with Gasteiger partial charge in [0.2, 0.25) is 0 Å². The van der Waals surface area contributed by atoms with Crippen molar-refractivity contribution in [2.75, 3.05) is 85.3 Å². The van der Waals surface area contributed by atoms with Crippen LogP contribution in [-0.4, -0.2) is 150 Å². The average Bonchev–Trinajstić information content (AvgIpc) is 2.75. The summed E-state index contributed by atoms with van der Waals surface area (Å²) in [5, 5.41) is 36.1. The van der Waals surface area contributed by atoms with Crippen LogP contribution in [0.15, 0.2) is 0 Å². The van der Waals surface area contributed by atoms with Crippen molar-refractivity contribution in [2.45, 2.75) is 26.2 Å². The van der Waals surface area contributed by atoms with E-state index in [1.165, 1.54) is 9.80 Å². The molecule has 0 heterocycles. The molecular formula is C22H39N3O11.